The fourth-order valence-electron chi connectivity index (χ4n) is 1.43. The number of alkyl halides is 1. The van der Waals surface area contributed by atoms with E-state index in [2.05, 4.69) is 0 Å². The molecule has 2 nitrogen and oxygen atoms in total. The van der Waals surface area contributed by atoms with Crippen LogP contribution in [0.25, 0.3) is 0 Å². The van der Waals surface area contributed by atoms with Crippen LogP contribution in [0, 0.1) is 0 Å². The second kappa shape index (κ2) is 5.76. The van der Waals surface area contributed by atoms with E-state index in [9.17, 15) is 4.79 Å². The topological polar surface area (TPSA) is 20.3 Å². The van der Waals surface area contributed by atoms with E-state index in [1.165, 1.54) is 0 Å². The normalized spacial score (nSPS) is 10.4. The maximum atomic E-state index is 12.0. The highest BCUT2D eigenvalue weighted by Crippen LogP contribution is 2.08. The zero-order chi connectivity index (χ0) is 11.3. The SMILES string of the molecule is CC(C)N(CCCl)C(=O)c1ccccc1. The zero-order valence-corrected chi connectivity index (χ0v) is 9.87. The zero-order valence-electron chi connectivity index (χ0n) is 9.11. The smallest absolute Gasteiger partial charge is 0.254 e. The van der Waals surface area contributed by atoms with Crippen molar-refractivity contribution >= 4 is 17.5 Å². The molecular formula is C12H16ClNO. The third-order valence-electron chi connectivity index (χ3n) is 2.23. The van der Waals surface area contributed by atoms with E-state index in [1.807, 2.05) is 44.2 Å². The van der Waals surface area contributed by atoms with Crippen LogP contribution in [0.1, 0.15) is 24.2 Å². The van der Waals surface area contributed by atoms with Crippen molar-refractivity contribution in [1.82, 2.24) is 4.90 Å². The molecule has 3 heteroatoms. The number of amides is 1. The molecule has 0 unspecified atom stereocenters. The Morgan fingerprint density at radius 2 is 1.93 bits per heavy atom. The molecular weight excluding hydrogens is 210 g/mol. The second-order valence-electron chi connectivity index (χ2n) is 3.65. The molecule has 1 amide bonds. The van der Waals surface area contributed by atoms with Crippen molar-refractivity contribution < 1.29 is 4.79 Å². The van der Waals surface area contributed by atoms with E-state index in [-0.39, 0.29) is 11.9 Å². The molecule has 0 spiro atoms. The predicted octanol–water partition coefficient (Wildman–Crippen LogP) is 2.78. The molecule has 15 heavy (non-hydrogen) atoms. The van der Waals surface area contributed by atoms with Crippen molar-refractivity contribution in [1.29, 1.82) is 0 Å². The van der Waals surface area contributed by atoms with Gasteiger partial charge in [0, 0.05) is 24.0 Å². The molecule has 0 radical (unpaired) electrons. The molecule has 0 atom stereocenters. The van der Waals surface area contributed by atoms with Gasteiger partial charge < -0.3 is 4.90 Å². The van der Waals surface area contributed by atoms with Crippen LogP contribution in [0.2, 0.25) is 0 Å². The van der Waals surface area contributed by atoms with Gasteiger partial charge >= 0.3 is 0 Å². The first-order valence-corrected chi connectivity index (χ1v) is 5.62. The van der Waals surface area contributed by atoms with Crippen LogP contribution >= 0.6 is 11.6 Å². The maximum absolute atomic E-state index is 12.0. The fourth-order valence-corrected chi connectivity index (χ4v) is 1.61. The van der Waals surface area contributed by atoms with Crippen LogP contribution in [0.5, 0.6) is 0 Å². The first kappa shape index (κ1) is 12.1. The van der Waals surface area contributed by atoms with E-state index >= 15 is 0 Å². The summed E-state index contributed by atoms with van der Waals surface area (Å²) in [6.45, 7) is 4.58. The van der Waals surface area contributed by atoms with E-state index in [0.717, 1.165) is 5.56 Å². The number of benzene rings is 1. The second-order valence-corrected chi connectivity index (χ2v) is 4.03. The lowest BCUT2D eigenvalue weighted by molar-refractivity contribution is 0.0718. The standard InChI is InChI=1S/C12H16ClNO/c1-10(2)14(9-8-13)12(15)11-6-4-3-5-7-11/h3-7,10H,8-9H2,1-2H3. The third kappa shape index (κ3) is 3.24. The minimum Gasteiger partial charge on any atom is -0.335 e. The molecule has 0 heterocycles. The van der Waals surface area contributed by atoms with Gasteiger partial charge in [-0.2, -0.15) is 0 Å². The van der Waals surface area contributed by atoms with Gasteiger partial charge in [0.25, 0.3) is 5.91 Å². The first-order valence-electron chi connectivity index (χ1n) is 5.08. The van der Waals surface area contributed by atoms with Gasteiger partial charge in [-0.25, -0.2) is 0 Å². The molecule has 1 aromatic rings. The Hall–Kier alpha value is -1.02. The molecule has 0 saturated carbocycles. The molecule has 0 aliphatic rings. The van der Waals surface area contributed by atoms with Gasteiger partial charge in [0.2, 0.25) is 0 Å². The summed E-state index contributed by atoms with van der Waals surface area (Å²) in [5, 5.41) is 0. The Balaban J connectivity index is 2.81. The summed E-state index contributed by atoms with van der Waals surface area (Å²) in [5.41, 5.74) is 0.719. The van der Waals surface area contributed by atoms with E-state index in [0.29, 0.717) is 12.4 Å². The van der Waals surface area contributed by atoms with Gasteiger partial charge in [-0.1, -0.05) is 18.2 Å². The molecule has 82 valence electrons. The average Bonchev–Trinajstić information content (AvgIpc) is 2.26. The highest BCUT2D eigenvalue weighted by molar-refractivity contribution is 6.18. The largest absolute Gasteiger partial charge is 0.335 e. The number of nitrogens with zero attached hydrogens (tertiary/aromatic N) is 1. The molecule has 0 N–H and O–H groups in total. The highest BCUT2D eigenvalue weighted by Gasteiger charge is 2.17. The number of hydrogen-bond donors (Lipinski definition) is 0. The van der Waals surface area contributed by atoms with Crippen molar-refractivity contribution in [2.45, 2.75) is 19.9 Å². The Kier molecular flexibility index (Phi) is 4.63. The van der Waals surface area contributed by atoms with Crippen molar-refractivity contribution in [2.75, 3.05) is 12.4 Å². The molecule has 0 bridgehead atoms. The molecule has 0 aromatic heterocycles. The lowest BCUT2D eigenvalue weighted by Crippen LogP contribution is -2.38. The number of hydrogen-bond acceptors (Lipinski definition) is 1. The number of carbonyl (C=O) groups is 1. The van der Waals surface area contributed by atoms with Crippen LogP contribution in [0.4, 0.5) is 0 Å². The molecule has 1 aromatic carbocycles. The van der Waals surface area contributed by atoms with Crippen LogP contribution < -0.4 is 0 Å². The Labute approximate surface area is 95.8 Å². The summed E-state index contributed by atoms with van der Waals surface area (Å²) >= 11 is 5.68. The minimum absolute atomic E-state index is 0.0475. The summed E-state index contributed by atoms with van der Waals surface area (Å²) < 4.78 is 0. The molecule has 0 saturated heterocycles. The predicted molar refractivity (Wildman–Crippen MR) is 63.3 cm³/mol. The summed E-state index contributed by atoms with van der Waals surface area (Å²) in [6, 6.07) is 9.46. The van der Waals surface area contributed by atoms with Crippen LogP contribution in [-0.4, -0.2) is 29.3 Å². The van der Waals surface area contributed by atoms with Crippen molar-refractivity contribution in [3.05, 3.63) is 35.9 Å². The maximum Gasteiger partial charge on any atom is 0.254 e. The molecule has 0 fully saturated rings. The first-order chi connectivity index (χ1) is 7.16. The Morgan fingerprint density at radius 1 is 1.33 bits per heavy atom. The summed E-state index contributed by atoms with van der Waals surface area (Å²) in [7, 11) is 0. The third-order valence-corrected chi connectivity index (χ3v) is 2.40. The highest BCUT2D eigenvalue weighted by atomic mass is 35.5. The summed E-state index contributed by atoms with van der Waals surface area (Å²) in [5.74, 6) is 0.516. The number of halogens is 1. The van der Waals surface area contributed by atoms with Crippen molar-refractivity contribution in [2.24, 2.45) is 0 Å². The van der Waals surface area contributed by atoms with Crippen molar-refractivity contribution in [3.63, 3.8) is 0 Å². The average molecular weight is 226 g/mol. The molecule has 1 rings (SSSR count). The Morgan fingerprint density at radius 3 is 2.40 bits per heavy atom. The summed E-state index contributed by atoms with van der Waals surface area (Å²) in [6.07, 6.45) is 0. The summed E-state index contributed by atoms with van der Waals surface area (Å²) in [4.78, 5) is 13.8. The van der Waals surface area contributed by atoms with Gasteiger partial charge in [0.1, 0.15) is 0 Å². The van der Waals surface area contributed by atoms with Crippen LogP contribution in [0.15, 0.2) is 30.3 Å². The van der Waals surface area contributed by atoms with Gasteiger partial charge in [-0.3, -0.25) is 4.79 Å². The fraction of sp³-hybridized carbons (Fsp3) is 0.417. The quantitative estimate of drug-likeness (QED) is 0.722. The van der Waals surface area contributed by atoms with E-state index < -0.39 is 0 Å². The Bertz CT molecular complexity index is 311. The van der Waals surface area contributed by atoms with Crippen LogP contribution in [-0.2, 0) is 0 Å². The van der Waals surface area contributed by atoms with E-state index in [4.69, 9.17) is 11.6 Å². The van der Waals surface area contributed by atoms with Gasteiger partial charge in [-0.05, 0) is 26.0 Å². The van der Waals surface area contributed by atoms with E-state index in [1.54, 1.807) is 4.90 Å². The monoisotopic (exact) mass is 225 g/mol. The van der Waals surface area contributed by atoms with Gasteiger partial charge in [-0.15, -0.1) is 11.6 Å². The molecule has 0 aliphatic carbocycles. The lowest BCUT2D eigenvalue weighted by atomic mass is 10.2. The number of rotatable bonds is 4. The van der Waals surface area contributed by atoms with Gasteiger partial charge in [0.05, 0.1) is 0 Å². The minimum atomic E-state index is 0.0475. The lowest BCUT2D eigenvalue weighted by Gasteiger charge is -2.25. The van der Waals surface area contributed by atoms with Crippen molar-refractivity contribution in [3.8, 4) is 0 Å². The van der Waals surface area contributed by atoms with Gasteiger partial charge in [0.15, 0.2) is 0 Å². The molecule has 0 aliphatic heterocycles. The number of carbonyl (C=O) groups excluding carboxylic acids is 1. The van der Waals surface area contributed by atoms with Crippen LogP contribution in [0.3, 0.4) is 0 Å².